The molecule has 0 aliphatic carbocycles. The number of hydrogen-bond donors (Lipinski definition) is 3. The SMILES string of the molecule is O=C(N[C@H](CO)C(=O)N(Cc1ccccc1)Cc1cc(C(=O)O)ccc1F)OCc1ccccc1. The number of carboxylic acids is 1. The van der Waals surface area contributed by atoms with Crippen LogP contribution in [0, 0.1) is 5.82 Å². The molecular weight excluding hydrogens is 455 g/mol. The van der Waals surface area contributed by atoms with Crippen LogP contribution in [0.4, 0.5) is 9.18 Å². The second kappa shape index (κ2) is 12.3. The van der Waals surface area contributed by atoms with Crippen molar-refractivity contribution in [2.45, 2.75) is 25.7 Å². The van der Waals surface area contributed by atoms with Gasteiger partial charge in [0.05, 0.1) is 12.2 Å². The summed E-state index contributed by atoms with van der Waals surface area (Å²) in [5.41, 5.74) is 1.32. The summed E-state index contributed by atoms with van der Waals surface area (Å²) in [6.45, 7) is -0.992. The van der Waals surface area contributed by atoms with E-state index < -0.39 is 36.4 Å². The minimum Gasteiger partial charge on any atom is -0.478 e. The molecule has 0 aliphatic heterocycles. The third kappa shape index (κ3) is 7.38. The number of amides is 2. The van der Waals surface area contributed by atoms with Crippen LogP contribution in [0.15, 0.2) is 78.9 Å². The van der Waals surface area contributed by atoms with Crippen LogP contribution in [-0.2, 0) is 29.2 Å². The van der Waals surface area contributed by atoms with Gasteiger partial charge in [-0.3, -0.25) is 4.79 Å². The minimum atomic E-state index is -1.35. The Morgan fingerprint density at radius 2 is 1.54 bits per heavy atom. The highest BCUT2D eigenvalue weighted by Gasteiger charge is 2.27. The van der Waals surface area contributed by atoms with E-state index in [4.69, 9.17) is 4.74 Å². The topological polar surface area (TPSA) is 116 Å². The fourth-order valence-corrected chi connectivity index (χ4v) is 3.36. The van der Waals surface area contributed by atoms with Crippen LogP contribution in [0.2, 0.25) is 0 Å². The summed E-state index contributed by atoms with van der Waals surface area (Å²) in [6.07, 6.45) is -0.903. The molecule has 8 nitrogen and oxygen atoms in total. The molecule has 0 aliphatic rings. The number of rotatable bonds is 10. The number of carbonyl (C=O) groups excluding carboxylic acids is 2. The molecule has 0 fully saturated rings. The Labute approximate surface area is 201 Å². The Kier molecular flexibility index (Phi) is 8.91. The van der Waals surface area contributed by atoms with Gasteiger partial charge >= 0.3 is 12.1 Å². The average Bonchev–Trinajstić information content (AvgIpc) is 2.87. The van der Waals surface area contributed by atoms with E-state index in [0.29, 0.717) is 0 Å². The fraction of sp³-hybridized carbons (Fsp3) is 0.192. The van der Waals surface area contributed by atoms with Crippen LogP contribution >= 0.6 is 0 Å². The van der Waals surface area contributed by atoms with Crippen molar-refractivity contribution in [3.8, 4) is 0 Å². The normalized spacial score (nSPS) is 11.4. The number of aliphatic hydroxyl groups is 1. The average molecular weight is 480 g/mol. The summed E-state index contributed by atoms with van der Waals surface area (Å²) >= 11 is 0. The summed E-state index contributed by atoms with van der Waals surface area (Å²) in [5, 5.41) is 21.4. The number of aliphatic hydroxyl groups excluding tert-OH is 1. The van der Waals surface area contributed by atoms with Crippen molar-refractivity contribution in [3.63, 3.8) is 0 Å². The number of nitrogens with one attached hydrogen (secondary N) is 1. The second-order valence-corrected chi connectivity index (χ2v) is 7.73. The van der Waals surface area contributed by atoms with Crippen molar-refractivity contribution >= 4 is 18.0 Å². The van der Waals surface area contributed by atoms with E-state index in [9.17, 15) is 29.0 Å². The monoisotopic (exact) mass is 480 g/mol. The lowest BCUT2D eigenvalue weighted by atomic mass is 10.1. The number of benzene rings is 3. The van der Waals surface area contributed by atoms with Crippen LogP contribution in [-0.4, -0.2) is 45.7 Å². The van der Waals surface area contributed by atoms with Crippen LogP contribution in [0.3, 0.4) is 0 Å². The van der Waals surface area contributed by atoms with Crippen molar-refractivity contribution < 1.29 is 33.7 Å². The van der Waals surface area contributed by atoms with E-state index in [2.05, 4.69) is 5.32 Å². The van der Waals surface area contributed by atoms with E-state index in [1.54, 1.807) is 54.6 Å². The van der Waals surface area contributed by atoms with Gasteiger partial charge in [0.25, 0.3) is 0 Å². The lowest BCUT2D eigenvalue weighted by Crippen LogP contribution is -2.50. The van der Waals surface area contributed by atoms with Gasteiger partial charge in [-0.25, -0.2) is 14.0 Å². The summed E-state index contributed by atoms with van der Waals surface area (Å²) in [6, 6.07) is 19.7. The summed E-state index contributed by atoms with van der Waals surface area (Å²) < 4.78 is 19.6. The molecule has 0 bridgehead atoms. The van der Waals surface area contributed by atoms with Gasteiger partial charge < -0.3 is 25.2 Å². The minimum absolute atomic E-state index is 0.0162. The molecule has 0 aromatic heterocycles. The molecule has 3 N–H and O–H groups in total. The van der Waals surface area contributed by atoms with Crippen molar-refractivity contribution in [1.82, 2.24) is 10.2 Å². The Morgan fingerprint density at radius 1 is 0.914 bits per heavy atom. The third-order valence-electron chi connectivity index (χ3n) is 5.17. The van der Waals surface area contributed by atoms with Crippen molar-refractivity contribution in [1.29, 1.82) is 0 Å². The molecule has 0 saturated carbocycles. The van der Waals surface area contributed by atoms with Crippen molar-refractivity contribution in [3.05, 3.63) is 107 Å². The van der Waals surface area contributed by atoms with Gasteiger partial charge in [0.1, 0.15) is 18.5 Å². The number of halogens is 1. The van der Waals surface area contributed by atoms with E-state index in [1.165, 1.54) is 4.90 Å². The number of carboxylic acid groups (broad SMARTS) is 1. The lowest BCUT2D eigenvalue weighted by Gasteiger charge is -2.27. The Bertz CT molecular complexity index is 1160. The zero-order valence-electron chi connectivity index (χ0n) is 18.8. The van der Waals surface area contributed by atoms with Crippen molar-refractivity contribution in [2.24, 2.45) is 0 Å². The molecule has 9 heteroatoms. The molecule has 0 unspecified atom stereocenters. The maximum Gasteiger partial charge on any atom is 0.408 e. The fourth-order valence-electron chi connectivity index (χ4n) is 3.36. The molecule has 35 heavy (non-hydrogen) atoms. The van der Waals surface area contributed by atoms with E-state index in [0.717, 1.165) is 29.3 Å². The predicted molar refractivity (Wildman–Crippen MR) is 125 cm³/mol. The van der Waals surface area contributed by atoms with Gasteiger partial charge in [-0.05, 0) is 29.3 Å². The van der Waals surface area contributed by atoms with Crippen LogP contribution in [0.5, 0.6) is 0 Å². The van der Waals surface area contributed by atoms with Gasteiger partial charge in [0.15, 0.2) is 0 Å². The number of carbonyl (C=O) groups is 3. The van der Waals surface area contributed by atoms with Crippen LogP contribution in [0.25, 0.3) is 0 Å². The Hall–Kier alpha value is -4.24. The van der Waals surface area contributed by atoms with E-state index in [-0.39, 0.29) is 30.8 Å². The standard InChI is InChI=1S/C26H25FN2O6/c27-22-12-11-20(25(32)33)13-21(22)15-29(14-18-7-3-1-4-8-18)24(31)23(16-30)28-26(34)35-17-19-9-5-2-6-10-19/h1-13,23,30H,14-17H2,(H,28,34)(H,32,33)/t23-/m1/s1. The molecule has 3 rings (SSSR count). The predicted octanol–water partition coefficient (Wildman–Crippen LogP) is 3.34. The molecule has 182 valence electrons. The van der Waals surface area contributed by atoms with E-state index in [1.807, 2.05) is 6.07 Å². The Morgan fingerprint density at radius 3 is 2.14 bits per heavy atom. The molecule has 0 radical (unpaired) electrons. The molecule has 0 saturated heterocycles. The van der Waals surface area contributed by atoms with Crippen molar-refractivity contribution in [2.75, 3.05) is 6.61 Å². The molecule has 0 heterocycles. The van der Waals surface area contributed by atoms with Gasteiger partial charge in [0.2, 0.25) is 5.91 Å². The zero-order chi connectivity index (χ0) is 25.2. The third-order valence-corrected chi connectivity index (χ3v) is 5.17. The molecule has 2 amide bonds. The first-order chi connectivity index (χ1) is 16.9. The van der Waals surface area contributed by atoms with Gasteiger partial charge in [-0.2, -0.15) is 0 Å². The van der Waals surface area contributed by atoms with Gasteiger partial charge in [0, 0.05) is 18.7 Å². The van der Waals surface area contributed by atoms with Gasteiger partial charge in [-0.15, -0.1) is 0 Å². The van der Waals surface area contributed by atoms with Crippen LogP contribution < -0.4 is 5.32 Å². The highest BCUT2D eigenvalue weighted by molar-refractivity contribution is 5.88. The maximum absolute atomic E-state index is 14.5. The Balaban J connectivity index is 1.77. The molecule has 1 atom stereocenters. The molecule has 3 aromatic rings. The quantitative estimate of drug-likeness (QED) is 0.410. The highest BCUT2D eigenvalue weighted by atomic mass is 19.1. The first kappa shape index (κ1) is 25.4. The second-order valence-electron chi connectivity index (χ2n) is 7.73. The summed E-state index contributed by atoms with van der Waals surface area (Å²) in [7, 11) is 0. The largest absolute Gasteiger partial charge is 0.478 e. The van der Waals surface area contributed by atoms with Gasteiger partial charge in [-0.1, -0.05) is 60.7 Å². The number of ether oxygens (including phenoxy) is 1. The zero-order valence-corrected chi connectivity index (χ0v) is 18.8. The lowest BCUT2D eigenvalue weighted by molar-refractivity contribution is -0.135. The number of hydrogen-bond acceptors (Lipinski definition) is 5. The number of nitrogens with zero attached hydrogens (tertiary/aromatic N) is 1. The summed E-state index contributed by atoms with van der Waals surface area (Å²) in [4.78, 5) is 38.1. The highest BCUT2D eigenvalue weighted by Crippen LogP contribution is 2.17. The molecule has 3 aromatic carbocycles. The first-order valence-electron chi connectivity index (χ1n) is 10.8. The molecular formula is C26H25FN2O6. The maximum atomic E-state index is 14.5. The van der Waals surface area contributed by atoms with E-state index >= 15 is 0 Å². The summed E-state index contributed by atoms with van der Waals surface area (Å²) in [5.74, 6) is -2.60. The number of aromatic carboxylic acids is 1. The molecule has 0 spiro atoms. The first-order valence-corrected chi connectivity index (χ1v) is 10.8. The smallest absolute Gasteiger partial charge is 0.408 e. The number of alkyl carbamates (subject to hydrolysis) is 1. The van der Waals surface area contributed by atoms with Crippen LogP contribution in [0.1, 0.15) is 27.0 Å².